The summed E-state index contributed by atoms with van der Waals surface area (Å²) in [7, 11) is 0. The zero-order chi connectivity index (χ0) is 13.7. The number of anilines is 1. The molecule has 1 fully saturated rings. The van der Waals surface area contributed by atoms with Crippen LogP contribution in [-0.2, 0) is 0 Å². The van der Waals surface area contributed by atoms with Gasteiger partial charge in [-0.3, -0.25) is 4.79 Å². The number of benzene rings is 1. The van der Waals surface area contributed by atoms with E-state index in [1.807, 2.05) is 0 Å². The van der Waals surface area contributed by atoms with E-state index in [9.17, 15) is 9.18 Å². The van der Waals surface area contributed by atoms with Crippen LogP contribution in [0.4, 0.5) is 10.1 Å². The molecule has 0 saturated carbocycles. The highest BCUT2D eigenvalue weighted by molar-refractivity contribution is 5.96. The van der Waals surface area contributed by atoms with Crippen LogP contribution in [0.15, 0.2) is 18.2 Å². The van der Waals surface area contributed by atoms with Crippen molar-refractivity contribution in [1.82, 2.24) is 10.2 Å². The number of ketones is 1. The lowest BCUT2D eigenvalue weighted by Crippen LogP contribution is -2.30. The fraction of sp³-hybridized carbons (Fsp3) is 0.500. The quantitative estimate of drug-likeness (QED) is 0.636. The maximum atomic E-state index is 13.0. The van der Waals surface area contributed by atoms with E-state index in [0.717, 1.165) is 39.1 Å². The van der Waals surface area contributed by atoms with Crippen molar-refractivity contribution in [1.29, 1.82) is 0 Å². The Morgan fingerprint density at radius 3 is 3.00 bits per heavy atom. The number of hydrogen-bond acceptors (Lipinski definition) is 4. The van der Waals surface area contributed by atoms with Crippen molar-refractivity contribution in [2.75, 3.05) is 38.5 Å². The smallest absolute Gasteiger partial charge is 0.164 e. The molecule has 5 heteroatoms. The Labute approximate surface area is 112 Å². The van der Waals surface area contributed by atoms with E-state index in [-0.39, 0.29) is 11.5 Å². The molecule has 0 aromatic heterocycles. The zero-order valence-corrected chi connectivity index (χ0v) is 11.0. The fourth-order valence-corrected chi connectivity index (χ4v) is 2.25. The molecule has 0 radical (unpaired) electrons. The minimum absolute atomic E-state index is 0.0175. The van der Waals surface area contributed by atoms with Gasteiger partial charge in [-0.2, -0.15) is 0 Å². The predicted octanol–water partition coefficient (Wildman–Crippen LogP) is 1.28. The third kappa shape index (κ3) is 4.01. The first-order chi connectivity index (χ1) is 9.16. The summed E-state index contributed by atoms with van der Waals surface area (Å²) in [6.07, 6.45) is 1.56. The van der Waals surface area contributed by atoms with Gasteiger partial charge in [-0.25, -0.2) is 4.39 Å². The molecule has 4 nitrogen and oxygen atoms in total. The lowest BCUT2D eigenvalue weighted by Gasteiger charge is -2.18. The van der Waals surface area contributed by atoms with Crippen molar-refractivity contribution in [3.63, 3.8) is 0 Å². The van der Waals surface area contributed by atoms with E-state index in [4.69, 9.17) is 5.73 Å². The van der Waals surface area contributed by atoms with Crippen LogP contribution >= 0.6 is 0 Å². The molecule has 0 aliphatic carbocycles. The third-order valence-electron chi connectivity index (χ3n) is 3.41. The molecule has 104 valence electrons. The number of carbonyl (C=O) groups is 1. The number of nitrogens with two attached hydrogens (primary N) is 1. The minimum Gasteiger partial charge on any atom is -0.396 e. The lowest BCUT2D eigenvalue weighted by molar-refractivity contribution is 0.0965. The SMILES string of the molecule is Nc1cc(C(=O)CCN2CCCNCC2)ccc1F. The van der Waals surface area contributed by atoms with E-state index in [1.165, 1.54) is 18.2 Å². The number of nitrogens with zero attached hydrogens (tertiary/aromatic N) is 1. The summed E-state index contributed by atoms with van der Waals surface area (Å²) in [6.45, 7) is 4.75. The number of nitrogens with one attached hydrogen (secondary N) is 1. The summed E-state index contributed by atoms with van der Waals surface area (Å²) in [5.74, 6) is -0.459. The molecular formula is C14H20FN3O. The van der Waals surface area contributed by atoms with Gasteiger partial charge in [-0.05, 0) is 37.7 Å². The van der Waals surface area contributed by atoms with Crippen molar-refractivity contribution in [2.45, 2.75) is 12.8 Å². The fourth-order valence-electron chi connectivity index (χ4n) is 2.25. The summed E-state index contributed by atoms with van der Waals surface area (Å²) in [5, 5.41) is 3.33. The number of Topliss-reactive ketones (excluding diaryl/α,β-unsaturated/α-hetero) is 1. The number of rotatable bonds is 4. The average molecular weight is 265 g/mol. The highest BCUT2D eigenvalue weighted by Gasteiger charge is 2.12. The van der Waals surface area contributed by atoms with Crippen molar-refractivity contribution >= 4 is 11.5 Å². The molecule has 0 atom stereocenters. The van der Waals surface area contributed by atoms with Gasteiger partial charge in [-0.1, -0.05) is 0 Å². The van der Waals surface area contributed by atoms with Crippen LogP contribution in [0.5, 0.6) is 0 Å². The van der Waals surface area contributed by atoms with E-state index < -0.39 is 5.82 Å². The average Bonchev–Trinajstić information content (AvgIpc) is 2.67. The first kappa shape index (κ1) is 14.0. The van der Waals surface area contributed by atoms with E-state index in [1.54, 1.807) is 0 Å². The van der Waals surface area contributed by atoms with Crippen LogP contribution in [0, 0.1) is 5.82 Å². The third-order valence-corrected chi connectivity index (χ3v) is 3.41. The molecule has 3 N–H and O–H groups in total. The van der Waals surface area contributed by atoms with Crippen molar-refractivity contribution < 1.29 is 9.18 Å². The lowest BCUT2D eigenvalue weighted by atomic mass is 10.1. The summed E-state index contributed by atoms with van der Waals surface area (Å²) >= 11 is 0. The summed E-state index contributed by atoms with van der Waals surface area (Å²) in [5.41, 5.74) is 6.00. The monoisotopic (exact) mass is 265 g/mol. The van der Waals surface area contributed by atoms with Crippen LogP contribution in [-0.4, -0.2) is 43.4 Å². The van der Waals surface area contributed by atoms with Crippen molar-refractivity contribution in [3.8, 4) is 0 Å². The standard InChI is InChI=1S/C14H20FN3O/c15-12-3-2-11(10-13(12)16)14(19)4-8-18-7-1-5-17-6-9-18/h2-3,10,17H,1,4-9,16H2. The molecular weight excluding hydrogens is 245 g/mol. The number of carbonyl (C=O) groups excluding carboxylic acids is 1. The summed E-state index contributed by atoms with van der Waals surface area (Å²) in [6, 6.07) is 4.16. The Morgan fingerprint density at radius 2 is 2.21 bits per heavy atom. The normalized spacial score (nSPS) is 17.1. The van der Waals surface area contributed by atoms with Crippen LogP contribution in [0.3, 0.4) is 0 Å². The van der Waals surface area contributed by atoms with Crippen LogP contribution < -0.4 is 11.1 Å². The first-order valence-electron chi connectivity index (χ1n) is 6.68. The number of halogens is 1. The van der Waals surface area contributed by atoms with E-state index in [0.29, 0.717) is 12.0 Å². The molecule has 2 rings (SSSR count). The van der Waals surface area contributed by atoms with Gasteiger partial charge >= 0.3 is 0 Å². The number of nitrogen functional groups attached to an aromatic ring is 1. The zero-order valence-electron chi connectivity index (χ0n) is 11.0. The summed E-state index contributed by atoms with van der Waals surface area (Å²) < 4.78 is 13.0. The van der Waals surface area contributed by atoms with Gasteiger partial charge in [0.25, 0.3) is 0 Å². The van der Waals surface area contributed by atoms with Gasteiger partial charge in [-0.15, -0.1) is 0 Å². The molecule has 1 heterocycles. The van der Waals surface area contributed by atoms with Gasteiger partial charge < -0.3 is 16.0 Å². The minimum atomic E-state index is -0.477. The Bertz CT molecular complexity index is 442. The maximum absolute atomic E-state index is 13.0. The van der Waals surface area contributed by atoms with Gasteiger partial charge in [0, 0.05) is 31.6 Å². The molecule has 0 unspecified atom stereocenters. The summed E-state index contributed by atoms with van der Waals surface area (Å²) in [4.78, 5) is 14.3. The molecule has 1 saturated heterocycles. The second-order valence-corrected chi connectivity index (χ2v) is 4.85. The van der Waals surface area contributed by atoms with E-state index >= 15 is 0 Å². The number of hydrogen-bond donors (Lipinski definition) is 2. The van der Waals surface area contributed by atoms with Crippen LogP contribution in [0.2, 0.25) is 0 Å². The van der Waals surface area contributed by atoms with Gasteiger partial charge in [0.1, 0.15) is 5.82 Å². The topological polar surface area (TPSA) is 58.4 Å². The van der Waals surface area contributed by atoms with Crippen molar-refractivity contribution in [2.24, 2.45) is 0 Å². The molecule has 0 bridgehead atoms. The Kier molecular flexibility index (Phi) is 4.87. The van der Waals surface area contributed by atoms with Gasteiger partial charge in [0.05, 0.1) is 5.69 Å². The molecule has 0 amide bonds. The largest absolute Gasteiger partial charge is 0.396 e. The van der Waals surface area contributed by atoms with E-state index in [2.05, 4.69) is 10.2 Å². The second kappa shape index (κ2) is 6.63. The molecule has 1 aromatic carbocycles. The molecule has 1 aliphatic heterocycles. The molecule has 19 heavy (non-hydrogen) atoms. The molecule has 0 spiro atoms. The predicted molar refractivity (Wildman–Crippen MR) is 73.7 cm³/mol. The Morgan fingerprint density at radius 1 is 1.37 bits per heavy atom. The molecule has 1 aliphatic rings. The maximum Gasteiger partial charge on any atom is 0.164 e. The highest BCUT2D eigenvalue weighted by atomic mass is 19.1. The van der Waals surface area contributed by atoms with Crippen LogP contribution in [0.1, 0.15) is 23.2 Å². The second-order valence-electron chi connectivity index (χ2n) is 4.85. The Hall–Kier alpha value is -1.46. The Balaban J connectivity index is 1.87. The van der Waals surface area contributed by atoms with Crippen LogP contribution in [0.25, 0.3) is 0 Å². The van der Waals surface area contributed by atoms with Gasteiger partial charge in [0.2, 0.25) is 0 Å². The van der Waals surface area contributed by atoms with Gasteiger partial charge in [0.15, 0.2) is 5.78 Å². The first-order valence-corrected chi connectivity index (χ1v) is 6.68. The van der Waals surface area contributed by atoms with Crippen molar-refractivity contribution in [3.05, 3.63) is 29.6 Å². The highest BCUT2D eigenvalue weighted by Crippen LogP contribution is 2.14. The molecule has 1 aromatic rings.